The van der Waals surface area contributed by atoms with Gasteiger partial charge in [0.05, 0.1) is 10.9 Å². The number of amides is 1. The van der Waals surface area contributed by atoms with Crippen LogP contribution in [0.4, 0.5) is 10.2 Å². The largest absolute Gasteiger partial charge is 0.360 e. The van der Waals surface area contributed by atoms with Gasteiger partial charge in [-0.05, 0) is 25.5 Å². The van der Waals surface area contributed by atoms with Crippen LogP contribution in [0.1, 0.15) is 19.1 Å². The van der Waals surface area contributed by atoms with Crippen molar-refractivity contribution in [2.45, 2.75) is 30.7 Å². The van der Waals surface area contributed by atoms with Gasteiger partial charge in [0.15, 0.2) is 11.0 Å². The minimum absolute atomic E-state index is 0.233. The molecule has 0 fully saturated rings. The third-order valence-electron chi connectivity index (χ3n) is 3.42. The van der Waals surface area contributed by atoms with E-state index in [1.807, 2.05) is 6.92 Å². The minimum Gasteiger partial charge on any atom is -0.360 e. The van der Waals surface area contributed by atoms with Crippen LogP contribution in [0.25, 0.3) is 5.69 Å². The number of rotatable bonds is 6. The molecule has 0 spiro atoms. The van der Waals surface area contributed by atoms with Crippen LogP contribution in [0.2, 0.25) is 0 Å². The smallest absolute Gasteiger partial charge is 0.239 e. The van der Waals surface area contributed by atoms with Crippen molar-refractivity contribution in [2.75, 3.05) is 5.32 Å². The number of nitrogens with one attached hydrogen (secondary N) is 1. The van der Waals surface area contributed by atoms with Crippen molar-refractivity contribution in [3.8, 4) is 5.69 Å². The number of hydrogen-bond acceptors (Lipinski definition) is 6. The second-order valence-electron chi connectivity index (χ2n) is 5.26. The van der Waals surface area contributed by atoms with Gasteiger partial charge >= 0.3 is 0 Å². The van der Waals surface area contributed by atoms with E-state index in [1.165, 1.54) is 28.7 Å². The lowest BCUT2D eigenvalue weighted by molar-refractivity contribution is -0.115. The molecule has 1 amide bonds. The van der Waals surface area contributed by atoms with E-state index in [4.69, 9.17) is 4.52 Å². The normalized spacial score (nSPS) is 12.1. The Hall–Kier alpha value is -2.68. The first-order valence-corrected chi connectivity index (χ1v) is 8.52. The van der Waals surface area contributed by atoms with Gasteiger partial charge in [0.25, 0.3) is 0 Å². The first-order valence-electron chi connectivity index (χ1n) is 7.64. The Morgan fingerprint density at radius 3 is 2.92 bits per heavy atom. The summed E-state index contributed by atoms with van der Waals surface area (Å²) in [7, 11) is 0. The fourth-order valence-corrected chi connectivity index (χ4v) is 3.14. The Labute approximate surface area is 147 Å². The predicted octanol–water partition coefficient (Wildman–Crippen LogP) is 3.21. The second-order valence-corrected chi connectivity index (χ2v) is 6.43. The number of para-hydroxylation sites is 1. The van der Waals surface area contributed by atoms with E-state index in [0.29, 0.717) is 28.8 Å². The van der Waals surface area contributed by atoms with E-state index < -0.39 is 5.25 Å². The number of anilines is 1. The Bertz CT molecular complexity index is 879. The molecule has 3 rings (SSSR count). The number of halogens is 1. The average molecular weight is 361 g/mol. The Kier molecular flexibility index (Phi) is 5.13. The Morgan fingerprint density at radius 2 is 2.24 bits per heavy atom. The first-order chi connectivity index (χ1) is 12.1. The van der Waals surface area contributed by atoms with Crippen molar-refractivity contribution >= 4 is 23.5 Å². The molecule has 7 nitrogen and oxygen atoms in total. The van der Waals surface area contributed by atoms with Gasteiger partial charge in [-0.15, -0.1) is 10.2 Å². The van der Waals surface area contributed by atoms with Gasteiger partial charge in [0, 0.05) is 6.07 Å². The van der Waals surface area contributed by atoms with E-state index in [2.05, 4.69) is 20.7 Å². The van der Waals surface area contributed by atoms with Gasteiger partial charge in [0.2, 0.25) is 5.91 Å². The maximum atomic E-state index is 14.0. The molecule has 0 saturated carbocycles. The van der Waals surface area contributed by atoms with Crippen LogP contribution in [0, 0.1) is 12.7 Å². The molecule has 0 aliphatic carbocycles. The molecule has 1 unspecified atom stereocenters. The van der Waals surface area contributed by atoms with Crippen molar-refractivity contribution in [3.05, 3.63) is 48.2 Å². The monoisotopic (exact) mass is 361 g/mol. The van der Waals surface area contributed by atoms with Crippen molar-refractivity contribution in [1.82, 2.24) is 19.9 Å². The first kappa shape index (κ1) is 17.2. The molecule has 0 bridgehead atoms. The minimum atomic E-state index is -0.438. The molecule has 1 aromatic carbocycles. The quantitative estimate of drug-likeness (QED) is 0.679. The number of hydrogen-bond donors (Lipinski definition) is 1. The highest BCUT2D eigenvalue weighted by atomic mass is 32.2. The fourth-order valence-electron chi connectivity index (χ4n) is 2.20. The molecule has 3 aromatic rings. The zero-order valence-corrected chi connectivity index (χ0v) is 14.5. The average Bonchev–Trinajstić information content (AvgIpc) is 3.21. The summed E-state index contributed by atoms with van der Waals surface area (Å²) in [5.41, 5.74) is 0.331. The zero-order valence-electron chi connectivity index (χ0n) is 13.6. The Morgan fingerprint density at radius 1 is 1.44 bits per heavy atom. The van der Waals surface area contributed by atoms with Crippen LogP contribution in [0.5, 0.6) is 0 Å². The van der Waals surface area contributed by atoms with Gasteiger partial charge in [-0.2, -0.15) is 0 Å². The van der Waals surface area contributed by atoms with Crippen LogP contribution in [-0.2, 0) is 4.79 Å². The third-order valence-corrected chi connectivity index (χ3v) is 4.74. The SMILES string of the molecule is CCC(Sc1nncn1-c1ccccc1F)C(=O)Nc1cc(C)on1. The number of thioether (sulfide) groups is 1. The van der Waals surface area contributed by atoms with Gasteiger partial charge in [0.1, 0.15) is 17.9 Å². The topological polar surface area (TPSA) is 85.8 Å². The lowest BCUT2D eigenvalue weighted by atomic mass is 10.3. The van der Waals surface area contributed by atoms with Crippen LogP contribution >= 0.6 is 11.8 Å². The summed E-state index contributed by atoms with van der Waals surface area (Å²) in [6.45, 7) is 3.63. The van der Waals surface area contributed by atoms with Gasteiger partial charge in [-0.1, -0.05) is 36.0 Å². The molecule has 0 saturated heterocycles. The Balaban J connectivity index is 1.78. The van der Waals surface area contributed by atoms with E-state index in [-0.39, 0.29) is 11.7 Å². The number of aromatic nitrogens is 4. The molecule has 0 radical (unpaired) electrons. The maximum absolute atomic E-state index is 14.0. The molecule has 2 heterocycles. The molecule has 0 aliphatic heterocycles. The number of carbonyl (C=O) groups excluding carboxylic acids is 1. The van der Waals surface area contributed by atoms with Crippen molar-refractivity contribution in [3.63, 3.8) is 0 Å². The maximum Gasteiger partial charge on any atom is 0.239 e. The predicted molar refractivity (Wildman–Crippen MR) is 91.1 cm³/mol. The van der Waals surface area contributed by atoms with E-state index in [9.17, 15) is 9.18 Å². The summed E-state index contributed by atoms with van der Waals surface area (Å²) in [5.74, 6) is 0.344. The van der Waals surface area contributed by atoms with Crippen LogP contribution < -0.4 is 5.32 Å². The molecular weight excluding hydrogens is 345 g/mol. The lowest BCUT2D eigenvalue weighted by Gasteiger charge is -2.14. The molecule has 1 N–H and O–H groups in total. The highest BCUT2D eigenvalue weighted by molar-refractivity contribution is 8.00. The summed E-state index contributed by atoms with van der Waals surface area (Å²) >= 11 is 1.21. The summed E-state index contributed by atoms with van der Waals surface area (Å²) in [5, 5.41) is 14.3. The molecule has 130 valence electrons. The number of carbonyl (C=O) groups is 1. The molecule has 25 heavy (non-hydrogen) atoms. The molecule has 9 heteroatoms. The van der Waals surface area contributed by atoms with Crippen LogP contribution in [0.3, 0.4) is 0 Å². The highest BCUT2D eigenvalue weighted by Gasteiger charge is 2.22. The van der Waals surface area contributed by atoms with Gasteiger partial charge < -0.3 is 9.84 Å². The highest BCUT2D eigenvalue weighted by Crippen LogP contribution is 2.27. The van der Waals surface area contributed by atoms with Crippen molar-refractivity contribution in [2.24, 2.45) is 0 Å². The zero-order chi connectivity index (χ0) is 17.8. The van der Waals surface area contributed by atoms with Crippen molar-refractivity contribution in [1.29, 1.82) is 0 Å². The summed E-state index contributed by atoms with van der Waals surface area (Å²) in [6, 6.07) is 7.96. The number of nitrogens with zero attached hydrogens (tertiary/aromatic N) is 4. The van der Waals surface area contributed by atoms with Gasteiger partial charge in [-0.3, -0.25) is 9.36 Å². The van der Waals surface area contributed by atoms with Gasteiger partial charge in [-0.25, -0.2) is 4.39 Å². The fraction of sp³-hybridized carbons (Fsp3) is 0.250. The number of aryl methyl sites for hydroxylation is 1. The van der Waals surface area contributed by atoms with Crippen LogP contribution in [0.15, 0.2) is 46.3 Å². The van der Waals surface area contributed by atoms with E-state index >= 15 is 0 Å². The van der Waals surface area contributed by atoms with Crippen LogP contribution in [-0.4, -0.2) is 31.1 Å². The summed E-state index contributed by atoms with van der Waals surface area (Å²) in [4.78, 5) is 12.4. The molecule has 2 aromatic heterocycles. The summed E-state index contributed by atoms with van der Waals surface area (Å²) in [6.07, 6.45) is 1.98. The molecule has 0 aliphatic rings. The van der Waals surface area contributed by atoms with E-state index in [1.54, 1.807) is 31.2 Å². The lowest BCUT2D eigenvalue weighted by Crippen LogP contribution is -2.25. The number of benzene rings is 1. The standard InChI is InChI=1S/C16H16FN5O2S/c1-3-13(15(23)19-14-8-10(2)24-21-14)25-16-20-18-9-22(16)12-7-5-4-6-11(12)17/h4-9,13H,3H2,1-2H3,(H,19,21,23). The molecule has 1 atom stereocenters. The third kappa shape index (κ3) is 3.87. The second kappa shape index (κ2) is 7.47. The van der Waals surface area contributed by atoms with Crippen molar-refractivity contribution < 1.29 is 13.7 Å². The van der Waals surface area contributed by atoms with E-state index in [0.717, 1.165) is 0 Å². The summed E-state index contributed by atoms with van der Waals surface area (Å²) < 4.78 is 20.5. The molecular formula is C16H16FN5O2S.